The highest BCUT2D eigenvalue weighted by atomic mass is 16.2. The van der Waals surface area contributed by atoms with Crippen molar-refractivity contribution in [1.29, 1.82) is 0 Å². The van der Waals surface area contributed by atoms with E-state index in [1.165, 1.54) is 0 Å². The van der Waals surface area contributed by atoms with E-state index in [1.54, 1.807) is 24.1 Å². The lowest BCUT2D eigenvalue weighted by molar-refractivity contribution is -0.131. The van der Waals surface area contributed by atoms with Crippen LogP contribution >= 0.6 is 0 Å². The Morgan fingerprint density at radius 3 is 3.00 bits per heavy atom. The zero-order chi connectivity index (χ0) is 15.5. The van der Waals surface area contributed by atoms with Crippen LogP contribution in [0.15, 0.2) is 41.2 Å². The molecular formula is C17H19N3O2. The lowest BCUT2D eigenvalue weighted by Crippen LogP contribution is -2.29. The van der Waals surface area contributed by atoms with Crippen molar-refractivity contribution in [3.8, 4) is 0 Å². The van der Waals surface area contributed by atoms with E-state index in [0.717, 1.165) is 12.8 Å². The molecule has 0 saturated carbocycles. The van der Waals surface area contributed by atoms with E-state index in [1.807, 2.05) is 12.1 Å². The molecule has 0 bridgehead atoms. The molecule has 1 aliphatic carbocycles. The Morgan fingerprint density at radius 1 is 1.41 bits per heavy atom. The summed E-state index contributed by atoms with van der Waals surface area (Å²) in [7, 11) is 1.75. The van der Waals surface area contributed by atoms with Gasteiger partial charge in [-0.3, -0.25) is 9.59 Å². The van der Waals surface area contributed by atoms with Gasteiger partial charge in [0.05, 0.1) is 17.4 Å². The molecule has 1 heterocycles. The Morgan fingerprint density at radius 2 is 2.23 bits per heavy atom. The molecule has 114 valence electrons. The van der Waals surface area contributed by atoms with E-state index in [-0.39, 0.29) is 11.5 Å². The maximum Gasteiger partial charge on any atom is 0.258 e. The number of para-hydroxylation sites is 1. The fourth-order valence-corrected chi connectivity index (χ4v) is 2.77. The largest absolute Gasteiger partial charge is 0.338 e. The van der Waals surface area contributed by atoms with Crippen molar-refractivity contribution in [2.45, 2.75) is 25.8 Å². The Balaban J connectivity index is 1.73. The summed E-state index contributed by atoms with van der Waals surface area (Å²) < 4.78 is 0. The van der Waals surface area contributed by atoms with Gasteiger partial charge in [-0.2, -0.15) is 0 Å². The number of aromatic nitrogens is 2. The molecule has 3 rings (SSSR count). The summed E-state index contributed by atoms with van der Waals surface area (Å²) in [6.45, 7) is 0.315. The second-order valence-electron chi connectivity index (χ2n) is 5.75. The zero-order valence-corrected chi connectivity index (χ0v) is 12.6. The van der Waals surface area contributed by atoms with E-state index in [2.05, 4.69) is 22.1 Å². The highest BCUT2D eigenvalue weighted by Crippen LogP contribution is 2.21. The SMILES string of the molecule is CN(Cc1nc2ccccc2c(=O)[nH]1)C(=O)C[C@@H]1C=CCC1. The van der Waals surface area contributed by atoms with E-state index in [9.17, 15) is 9.59 Å². The minimum Gasteiger partial charge on any atom is -0.338 e. The normalized spacial score (nSPS) is 17.0. The highest BCUT2D eigenvalue weighted by Gasteiger charge is 2.17. The molecule has 1 amide bonds. The predicted octanol–water partition coefficient (Wildman–Crippen LogP) is 2.24. The Kier molecular flexibility index (Phi) is 4.04. The summed E-state index contributed by atoms with van der Waals surface area (Å²) in [6, 6.07) is 7.20. The summed E-state index contributed by atoms with van der Waals surface area (Å²) >= 11 is 0. The number of H-pyrrole nitrogens is 1. The molecule has 1 aliphatic rings. The van der Waals surface area contributed by atoms with Gasteiger partial charge in [0.25, 0.3) is 5.56 Å². The molecule has 0 spiro atoms. The van der Waals surface area contributed by atoms with Crippen LogP contribution in [0.25, 0.3) is 10.9 Å². The Hall–Kier alpha value is -2.43. The van der Waals surface area contributed by atoms with Crippen molar-refractivity contribution < 1.29 is 4.79 Å². The lowest BCUT2D eigenvalue weighted by atomic mass is 10.0. The molecule has 1 aromatic heterocycles. The number of allylic oxidation sites excluding steroid dienone is 2. The number of rotatable bonds is 4. The number of carbonyl (C=O) groups excluding carboxylic acids is 1. The molecule has 22 heavy (non-hydrogen) atoms. The monoisotopic (exact) mass is 297 g/mol. The van der Waals surface area contributed by atoms with Crippen LogP contribution in [0.4, 0.5) is 0 Å². The van der Waals surface area contributed by atoms with Crippen LogP contribution in [0.2, 0.25) is 0 Å². The van der Waals surface area contributed by atoms with Gasteiger partial charge in [-0.15, -0.1) is 0 Å². The summed E-state index contributed by atoms with van der Waals surface area (Å²) in [5.74, 6) is 0.937. The first kappa shape index (κ1) is 14.5. The number of hydrogen-bond donors (Lipinski definition) is 1. The van der Waals surface area contributed by atoms with Gasteiger partial charge < -0.3 is 9.88 Å². The Bertz CT molecular complexity index is 779. The van der Waals surface area contributed by atoms with Crippen LogP contribution < -0.4 is 5.56 Å². The van der Waals surface area contributed by atoms with Crippen LogP contribution in [0.5, 0.6) is 0 Å². The van der Waals surface area contributed by atoms with Crippen LogP contribution in [0.3, 0.4) is 0 Å². The number of aromatic amines is 1. The van der Waals surface area contributed by atoms with Crippen molar-refractivity contribution >= 4 is 16.8 Å². The van der Waals surface area contributed by atoms with Gasteiger partial charge in [-0.25, -0.2) is 4.98 Å². The van der Waals surface area contributed by atoms with E-state index in [0.29, 0.717) is 35.6 Å². The molecule has 0 unspecified atom stereocenters. The number of fused-ring (bicyclic) bond motifs is 1. The van der Waals surface area contributed by atoms with E-state index in [4.69, 9.17) is 0 Å². The fraction of sp³-hybridized carbons (Fsp3) is 0.353. The topological polar surface area (TPSA) is 66.1 Å². The van der Waals surface area contributed by atoms with Crippen molar-refractivity contribution in [3.63, 3.8) is 0 Å². The third kappa shape index (κ3) is 3.08. The average molecular weight is 297 g/mol. The number of nitrogens with zero attached hydrogens (tertiary/aromatic N) is 2. The summed E-state index contributed by atoms with van der Waals surface area (Å²) in [5, 5.41) is 0.566. The molecule has 5 nitrogen and oxygen atoms in total. The van der Waals surface area contributed by atoms with Crippen LogP contribution in [-0.2, 0) is 11.3 Å². The van der Waals surface area contributed by atoms with Crippen LogP contribution in [0.1, 0.15) is 25.1 Å². The Labute approximate surface area is 128 Å². The molecule has 0 fully saturated rings. The fourth-order valence-electron chi connectivity index (χ4n) is 2.77. The predicted molar refractivity (Wildman–Crippen MR) is 85.3 cm³/mol. The molecule has 0 saturated heterocycles. The second-order valence-corrected chi connectivity index (χ2v) is 5.75. The standard InChI is InChI=1S/C17H19N3O2/c1-20(16(21)10-12-6-2-3-7-12)11-15-18-14-9-5-4-8-13(14)17(22)19-15/h2,4-6,8-9,12H,3,7,10-11H2,1H3,(H,18,19,22)/t12-/m1/s1. The highest BCUT2D eigenvalue weighted by molar-refractivity contribution is 5.78. The minimum absolute atomic E-state index is 0.0763. The van der Waals surface area contributed by atoms with Gasteiger partial charge in [0.15, 0.2) is 0 Å². The van der Waals surface area contributed by atoms with Gasteiger partial charge in [-0.05, 0) is 30.9 Å². The lowest BCUT2D eigenvalue weighted by Gasteiger charge is -2.18. The van der Waals surface area contributed by atoms with Gasteiger partial charge >= 0.3 is 0 Å². The first-order chi connectivity index (χ1) is 10.6. The number of amides is 1. The van der Waals surface area contributed by atoms with E-state index >= 15 is 0 Å². The van der Waals surface area contributed by atoms with Crippen LogP contribution in [0, 0.1) is 5.92 Å². The number of benzene rings is 1. The quantitative estimate of drug-likeness (QED) is 0.880. The molecule has 1 atom stereocenters. The third-order valence-electron chi connectivity index (χ3n) is 4.02. The van der Waals surface area contributed by atoms with Crippen molar-refractivity contribution in [1.82, 2.24) is 14.9 Å². The molecule has 5 heteroatoms. The summed E-state index contributed by atoms with van der Waals surface area (Å²) in [6.07, 6.45) is 6.86. The molecule has 1 N–H and O–H groups in total. The third-order valence-corrected chi connectivity index (χ3v) is 4.02. The molecular weight excluding hydrogens is 278 g/mol. The summed E-state index contributed by atoms with van der Waals surface area (Å²) in [4.78, 5) is 33.1. The maximum atomic E-state index is 12.2. The number of carbonyl (C=O) groups is 1. The van der Waals surface area contributed by atoms with Gasteiger partial charge in [0.2, 0.25) is 5.91 Å². The molecule has 1 aromatic carbocycles. The smallest absolute Gasteiger partial charge is 0.258 e. The first-order valence-electron chi connectivity index (χ1n) is 7.52. The van der Waals surface area contributed by atoms with Gasteiger partial charge in [0.1, 0.15) is 5.82 Å². The van der Waals surface area contributed by atoms with Crippen LogP contribution in [-0.4, -0.2) is 27.8 Å². The molecule has 2 aromatic rings. The second kappa shape index (κ2) is 6.13. The maximum absolute atomic E-state index is 12.2. The van der Waals surface area contributed by atoms with Crippen molar-refractivity contribution in [3.05, 3.63) is 52.6 Å². The number of hydrogen-bond acceptors (Lipinski definition) is 3. The zero-order valence-electron chi connectivity index (χ0n) is 12.6. The first-order valence-corrected chi connectivity index (χ1v) is 7.52. The minimum atomic E-state index is -0.167. The van der Waals surface area contributed by atoms with Crippen molar-refractivity contribution in [2.75, 3.05) is 7.05 Å². The average Bonchev–Trinajstić information content (AvgIpc) is 3.00. The van der Waals surface area contributed by atoms with Gasteiger partial charge in [-0.1, -0.05) is 24.3 Å². The van der Waals surface area contributed by atoms with Gasteiger partial charge in [0, 0.05) is 13.5 Å². The van der Waals surface area contributed by atoms with Crippen molar-refractivity contribution in [2.24, 2.45) is 5.92 Å². The summed E-state index contributed by atoms with van der Waals surface area (Å²) in [5.41, 5.74) is 0.487. The molecule has 0 aliphatic heterocycles. The molecule has 0 radical (unpaired) electrons. The van der Waals surface area contributed by atoms with E-state index < -0.39 is 0 Å². The number of nitrogens with one attached hydrogen (secondary N) is 1.